The lowest BCUT2D eigenvalue weighted by Gasteiger charge is -2.32. The molecule has 0 saturated carbocycles. The molecule has 1 aromatic heterocycles. The molecule has 3 aromatic rings. The van der Waals surface area contributed by atoms with Crippen molar-refractivity contribution in [3.05, 3.63) is 86.3 Å². The van der Waals surface area contributed by atoms with Gasteiger partial charge in [-0.05, 0) is 23.3 Å². The fraction of sp³-hybridized carbons (Fsp3) is 0.238. The number of carbonyl (C=O) groups excluding carboxylic acids is 1. The second kappa shape index (κ2) is 8.33. The first kappa shape index (κ1) is 18.3. The quantitative estimate of drug-likeness (QED) is 0.587. The van der Waals surface area contributed by atoms with E-state index in [1.165, 1.54) is 5.56 Å². The van der Waals surface area contributed by atoms with Gasteiger partial charge in [-0.15, -0.1) is 11.3 Å². The number of aromatic nitrogens is 1. The molecule has 1 aliphatic rings. The average molecular weight is 443 g/mol. The number of ether oxygens (including phenoxy) is 1. The van der Waals surface area contributed by atoms with Gasteiger partial charge in [0, 0.05) is 22.8 Å². The number of halogens is 1. The molecule has 1 unspecified atom stereocenters. The van der Waals surface area contributed by atoms with Gasteiger partial charge in [0.2, 0.25) is 0 Å². The molecule has 1 atom stereocenters. The van der Waals surface area contributed by atoms with Gasteiger partial charge in [0.1, 0.15) is 11.8 Å². The van der Waals surface area contributed by atoms with Gasteiger partial charge in [0.05, 0.1) is 18.2 Å². The number of morpholine rings is 1. The summed E-state index contributed by atoms with van der Waals surface area (Å²) >= 11 is 4.99. The van der Waals surface area contributed by atoms with Crippen molar-refractivity contribution in [3.63, 3.8) is 0 Å². The zero-order chi connectivity index (χ0) is 18.6. The summed E-state index contributed by atoms with van der Waals surface area (Å²) in [6.07, 6.45) is 0.655. The van der Waals surface area contributed by atoms with Crippen LogP contribution in [0.15, 0.2) is 64.5 Å². The van der Waals surface area contributed by atoms with E-state index in [9.17, 15) is 4.79 Å². The van der Waals surface area contributed by atoms with Gasteiger partial charge in [0.15, 0.2) is 0 Å². The molecule has 2 aromatic carbocycles. The van der Waals surface area contributed by atoms with Crippen LogP contribution in [0, 0.1) is 0 Å². The highest BCUT2D eigenvalue weighted by Gasteiger charge is 2.27. The maximum absolute atomic E-state index is 12.9. The van der Waals surface area contributed by atoms with Crippen LogP contribution in [0.5, 0.6) is 0 Å². The zero-order valence-electron chi connectivity index (χ0n) is 14.7. The number of nitrogens with zero attached hydrogens (tertiary/aromatic N) is 2. The third-order valence-electron chi connectivity index (χ3n) is 4.56. The van der Waals surface area contributed by atoms with E-state index in [0.29, 0.717) is 25.4 Å². The second-order valence-electron chi connectivity index (χ2n) is 6.45. The highest BCUT2D eigenvalue weighted by atomic mass is 79.9. The third kappa shape index (κ3) is 4.46. The summed E-state index contributed by atoms with van der Waals surface area (Å²) in [6, 6.07) is 18.2. The topological polar surface area (TPSA) is 42.4 Å². The Morgan fingerprint density at radius 1 is 1.19 bits per heavy atom. The lowest BCUT2D eigenvalue weighted by molar-refractivity contribution is -0.0230. The van der Waals surface area contributed by atoms with Crippen LogP contribution in [0.4, 0.5) is 0 Å². The Labute approximate surface area is 170 Å². The van der Waals surface area contributed by atoms with Crippen LogP contribution < -0.4 is 0 Å². The van der Waals surface area contributed by atoms with Crippen molar-refractivity contribution in [2.24, 2.45) is 0 Å². The first-order valence-corrected chi connectivity index (χ1v) is 10.5. The van der Waals surface area contributed by atoms with Gasteiger partial charge >= 0.3 is 0 Å². The molecule has 0 bridgehead atoms. The molecular formula is C21H19BrN2O2S. The summed E-state index contributed by atoms with van der Waals surface area (Å²) in [5.74, 6) is -0.0176. The Morgan fingerprint density at radius 2 is 1.96 bits per heavy atom. The Balaban J connectivity index is 1.44. The van der Waals surface area contributed by atoms with E-state index in [4.69, 9.17) is 4.74 Å². The fourth-order valence-corrected chi connectivity index (χ4v) is 4.20. The minimum Gasteiger partial charge on any atom is -0.370 e. The maximum atomic E-state index is 12.9. The van der Waals surface area contributed by atoms with Crippen molar-refractivity contribution in [3.8, 4) is 0 Å². The van der Waals surface area contributed by atoms with E-state index in [2.05, 4.69) is 33.0 Å². The molecule has 1 amide bonds. The standard InChI is InChI=1S/C21H19BrN2O2S/c22-17-8-6-16(7-9-17)19-13-24(10-11-26-19)21(25)18-14-27-20(23-18)12-15-4-2-1-3-5-15/h1-9,14,19H,10-13H2. The van der Waals surface area contributed by atoms with Crippen molar-refractivity contribution < 1.29 is 9.53 Å². The van der Waals surface area contributed by atoms with Crippen LogP contribution in [-0.4, -0.2) is 35.5 Å². The van der Waals surface area contributed by atoms with Crippen LogP contribution in [0.25, 0.3) is 0 Å². The van der Waals surface area contributed by atoms with Crippen LogP contribution in [0.3, 0.4) is 0 Å². The summed E-state index contributed by atoms with van der Waals surface area (Å²) in [6.45, 7) is 1.68. The molecule has 0 radical (unpaired) electrons. The summed E-state index contributed by atoms with van der Waals surface area (Å²) in [4.78, 5) is 19.3. The number of thiazole rings is 1. The van der Waals surface area contributed by atoms with E-state index in [-0.39, 0.29) is 12.0 Å². The summed E-state index contributed by atoms with van der Waals surface area (Å²) in [5.41, 5.74) is 2.81. The van der Waals surface area contributed by atoms with Crippen LogP contribution in [0.1, 0.15) is 32.7 Å². The molecule has 4 nitrogen and oxygen atoms in total. The van der Waals surface area contributed by atoms with Crippen molar-refractivity contribution in [2.75, 3.05) is 19.7 Å². The number of carbonyl (C=O) groups is 1. The molecule has 1 aliphatic heterocycles. The van der Waals surface area contributed by atoms with E-state index < -0.39 is 0 Å². The Morgan fingerprint density at radius 3 is 2.74 bits per heavy atom. The van der Waals surface area contributed by atoms with E-state index in [1.807, 2.05) is 52.7 Å². The number of benzene rings is 2. The summed E-state index contributed by atoms with van der Waals surface area (Å²) in [5, 5.41) is 2.83. The number of hydrogen-bond acceptors (Lipinski definition) is 4. The molecule has 6 heteroatoms. The molecule has 138 valence electrons. The Bertz CT molecular complexity index is 911. The molecule has 2 heterocycles. The van der Waals surface area contributed by atoms with Crippen molar-refractivity contribution in [1.29, 1.82) is 0 Å². The normalized spacial score (nSPS) is 17.1. The smallest absolute Gasteiger partial charge is 0.273 e. The Hall–Kier alpha value is -2.02. The number of rotatable bonds is 4. The van der Waals surface area contributed by atoms with Crippen LogP contribution in [0.2, 0.25) is 0 Å². The minimum atomic E-state index is -0.0989. The summed E-state index contributed by atoms with van der Waals surface area (Å²) in [7, 11) is 0. The molecule has 1 fully saturated rings. The predicted octanol–water partition coefficient (Wildman–Crippen LogP) is 4.71. The van der Waals surface area contributed by atoms with Gasteiger partial charge in [-0.1, -0.05) is 58.4 Å². The SMILES string of the molecule is O=C(c1csc(Cc2ccccc2)n1)N1CCOC(c2ccc(Br)cc2)C1. The monoisotopic (exact) mass is 442 g/mol. The van der Waals surface area contributed by atoms with Gasteiger partial charge in [-0.25, -0.2) is 4.98 Å². The van der Waals surface area contributed by atoms with E-state index >= 15 is 0 Å². The Kier molecular flexibility index (Phi) is 5.66. The highest BCUT2D eigenvalue weighted by Crippen LogP contribution is 2.25. The second-order valence-corrected chi connectivity index (χ2v) is 8.31. The van der Waals surface area contributed by atoms with Gasteiger partial charge < -0.3 is 9.64 Å². The third-order valence-corrected chi connectivity index (χ3v) is 5.94. The van der Waals surface area contributed by atoms with Crippen LogP contribution >= 0.6 is 27.3 Å². The van der Waals surface area contributed by atoms with E-state index in [1.54, 1.807) is 11.3 Å². The average Bonchev–Trinajstić information content (AvgIpc) is 3.17. The molecule has 27 heavy (non-hydrogen) atoms. The minimum absolute atomic E-state index is 0.0176. The first-order chi connectivity index (χ1) is 13.2. The van der Waals surface area contributed by atoms with E-state index in [0.717, 1.165) is 21.5 Å². The zero-order valence-corrected chi connectivity index (χ0v) is 17.1. The molecule has 0 spiro atoms. The predicted molar refractivity (Wildman–Crippen MR) is 110 cm³/mol. The van der Waals surface area contributed by atoms with Crippen molar-refractivity contribution in [2.45, 2.75) is 12.5 Å². The molecule has 1 saturated heterocycles. The molecular weight excluding hydrogens is 424 g/mol. The molecule has 4 rings (SSSR count). The van der Waals surface area contributed by atoms with Gasteiger partial charge in [0.25, 0.3) is 5.91 Å². The lowest BCUT2D eigenvalue weighted by atomic mass is 10.1. The number of amides is 1. The first-order valence-electron chi connectivity index (χ1n) is 8.84. The molecule has 0 N–H and O–H groups in total. The van der Waals surface area contributed by atoms with Gasteiger partial charge in [-0.3, -0.25) is 4.79 Å². The highest BCUT2D eigenvalue weighted by molar-refractivity contribution is 9.10. The largest absolute Gasteiger partial charge is 0.370 e. The maximum Gasteiger partial charge on any atom is 0.273 e. The fourth-order valence-electron chi connectivity index (χ4n) is 3.14. The van der Waals surface area contributed by atoms with Gasteiger partial charge in [-0.2, -0.15) is 0 Å². The van der Waals surface area contributed by atoms with Crippen molar-refractivity contribution >= 4 is 33.2 Å². The van der Waals surface area contributed by atoms with Crippen LogP contribution in [-0.2, 0) is 11.2 Å². The number of hydrogen-bond donors (Lipinski definition) is 0. The van der Waals surface area contributed by atoms with Crippen molar-refractivity contribution in [1.82, 2.24) is 9.88 Å². The summed E-state index contributed by atoms with van der Waals surface area (Å²) < 4.78 is 6.91. The molecule has 0 aliphatic carbocycles. The lowest BCUT2D eigenvalue weighted by Crippen LogP contribution is -2.42.